The SMILES string of the molecule is N=C(N)c1ccc(NC(=O)[C@H](O)CC(=O)N(CCO)c2ccc(NC(N)=O)cc2)cc1. The van der Waals surface area contributed by atoms with Gasteiger partial charge in [0.2, 0.25) is 5.91 Å². The highest BCUT2D eigenvalue weighted by Crippen LogP contribution is 2.19. The Hall–Kier alpha value is -3.96. The van der Waals surface area contributed by atoms with Gasteiger partial charge in [-0.15, -0.1) is 0 Å². The molecule has 0 aliphatic rings. The third-order valence-corrected chi connectivity index (χ3v) is 4.21. The van der Waals surface area contributed by atoms with Crippen LogP contribution in [0.15, 0.2) is 48.5 Å². The van der Waals surface area contributed by atoms with E-state index in [1.54, 1.807) is 0 Å². The lowest BCUT2D eigenvalue weighted by Crippen LogP contribution is -2.39. The molecule has 0 heterocycles. The molecule has 0 radical (unpaired) electrons. The molecule has 4 amide bonds. The van der Waals surface area contributed by atoms with Crippen LogP contribution in [0.25, 0.3) is 0 Å². The van der Waals surface area contributed by atoms with E-state index in [-0.39, 0.29) is 19.0 Å². The van der Waals surface area contributed by atoms with Gasteiger partial charge in [0.05, 0.1) is 13.0 Å². The number of amidine groups is 1. The lowest BCUT2D eigenvalue weighted by atomic mass is 10.1. The highest BCUT2D eigenvalue weighted by atomic mass is 16.3. The fourth-order valence-corrected chi connectivity index (χ4v) is 2.69. The van der Waals surface area contributed by atoms with E-state index in [2.05, 4.69) is 10.6 Å². The van der Waals surface area contributed by atoms with E-state index in [4.69, 9.17) is 16.9 Å². The quantitative estimate of drug-likeness (QED) is 0.220. The molecule has 0 aliphatic carbocycles. The average Bonchev–Trinajstić information content (AvgIpc) is 2.72. The standard InChI is InChI=1S/C20H24N6O5/c21-18(22)12-1-3-13(4-2-12)24-19(30)16(28)11-17(29)26(9-10-27)15-7-5-14(6-8-15)25-20(23)31/h1-8,16,27-28H,9-11H2,(H3,21,22)(H,24,30)(H3,23,25,31)/t16-/m1/s1. The van der Waals surface area contributed by atoms with Gasteiger partial charge in [-0.1, -0.05) is 0 Å². The molecule has 0 bridgehead atoms. The van der Waals surface area contributed by atoms with Crippen molar-refractivity contribution in [3.63, 3.8) is 0 Å². The molecule has 1 atom stereocenters. The molecule has 0 saturated heterocycles. The molecule has 2 aromatic carbocycles. The van der Waals surface area contributed by atoms with Gasteiger partial charge in [0.15, 0.2) is 0 Å². The Morgan fingerprint density at radius 2 is 1.52 bits per heavy atom. The zero-order chi connectivity index (χ0) is 23.0. The lowest BCUT2D eigenvalue weighted by molar-refractivity contribution is -0.129. The van der Waals surface area contributed by atoms with Crippen molar-refractivity contribution >= 4 is 40.7 Å². The Kier molecular flexibility index (Phi) is 8.06. The first-order valence-electron chi connectivity index (χ1n) is 9.22. The molecule has 9 N–H and O–H groups in total. The van der Waals surface area contributed by atoms with Crippen molar-refractivity contribution in [3.8, 4) is 0 Å². The van der Waals surface area contributed by atoms with E-state index in [9.17, 15) is 24.6 Å². The number of anilines is 3. The van der Waals surface area contributed by atoms with Gasteiger partial charge in [-0.05, 0) is 48.5 Å². The molecule has 0 unspecified atom stereocenters. The molecule has 0 fully saturated rings. The summed E-state index contributed by atoms with van der Waals surface area (Å²) in [6.07, 6.45) is -2.14. The number of amides is 4. The maximum atomic E-state index is 12.6. The maximum absolute atomic E-state index is 12.6. The third-order valence-electron chi connectivity index (χ3n) is 4.21. The van der Waals surface area contributed by atoms with Crippen LogP contribution < -0.4 is 27.0 Å². The van der Waals surface area contributed by atoms with Gasteiger partial charge >= 0.3 is 6.03 Å². The molecule has 2 rings (SSSR count). The summed E-state index contributed by atoms with van der Waals surface area (Å²) in [4.78, 5) is 37.0. The minimum Gasteiger partial charge on any atom is -0.395 e. The van der Waals surface area contributed by atoms with Crippen LogP contribution in [-0.2, 0) is 9.59 Å². The van der Waals surface area contributed by atoms with E-state index in [1.807, 2.05) is 0 Å². The van der Waals surface area contributed by atoms with Crippen LogP contribution in [-0.4, -0.2) is 53.1 Å². The number of benzene rings is 2. The smallest absolute Gasteiger partial charge is 0.316 e. The number of nitrogen functional groups attached to an aromatic ring is 1. The zero-order valence-corrected chi connectivity index (χ0v) is 16.5. The normalized spacial score (nSPS) is 11.3. The number of urea groups is 1. The van der Waals surface area contributed by atoms with Crippen LogP contribution in [0.4, 0.5) is 21.9 Å². The maximum Gasteiger partial charge on any atom is 0.316 e. The number of aliphatic hydroxyl groups is 2. The van der Waals surface area contributed by atoms with Gasteiger partial charge in [0.25, 0.3) is 5.91 Å². The predicted molar refractivity (Wildman–Crippen MR) is 116 cm³/mol. The summed E-state index contributed by atoms with van der Waals surface area (Å²) in [6.45, 7) is -0.389. The largest absolute Gasteiger partial charge is 0.395 e. The van der Waals surface area contributed by atoms with Crippen molar-refractivity contribution in [1.29, 1.82) is 5.41 Å². The predicted octanol–water partition coefficient (Wildman–Crippen LogP) is 0.176. The summed E-state index contributed by atoms with van der Waals surface area (Å²) in [5.41, 5.74) is 12.1. The summed E-state index contributed by atoms with van der Waals surface area (Å²) in [6, 6.07) is 11.5. The Morgan fingerprint density at radius 3 is 2.03 bits per heavy atom. The van der Waals surface area contributed by atoms with Crippen molar-refractivity contribution in [2.75, 3.05) is 28.7 Å². The second kappa shape index (κ2) is 10.7. The third kappa shape index (κ3) is 6.80. The fourth-order valence-electron chi connectivity index (χ4n) is 2.69. The number of nitrogens with one attached hydrogen (secondary N) is 3. The van der Waals surface area contributed by atoms with Crippen LogP contribution in [0.2, 0.25) is 0 Å². The van der Waals surface area contributed by atoms with Crippen LogP contribution in [0, 0.1) is 5.41 Å². The molecule has 0 saturated carbocycles. The zero-order valence-electron chi connectivity index (χ0n) is 16.5. The van der Waals surface area contributed by atoms with Crippen LogP contribution >= 0.6 is 0 Å². The van der Waals surface area contributed by atoms with Gasteiger partial charge in [-0.2, -0.15) is 0 Å². The Bertz CT molecular complexity index is 946. The van der Waals surface area contributed by atoms with Gasteiger partial charge in [-0.3, -0.25) is 15.0 Å². The van der Waals surface area contributed by atoms with Crippen LogP contribution in [0.1, 0.15) is 12.0 Å². The monoisotopic (exact) mass is 428 g/mol. The van der Waals surface area contributed by atoms with Gasteiger partial charge < -0.3 is 37.2 Å². The molecule has 31 heavy (non-hydrogen) atoms. The average molecular weight is 428 g/mol. The number of carbonyl (C=O) groups excluding carboxylic acids is 3. The van der Waals surface area contributed by atoms with Crippen molar-refractivity contribution in [2.24, 2.45) is 11.5 Å². The molecule has 11 heteroatoms. The number of primary amides is 1. The summed E-state index contributed by atoms with van der Waals surface area (Å²) in [5.74, 6) is -1.49. The molecule has 164 valence electrons. The molecular weight excluding hydrogens is 404 g/mol. The summed E-state index contributed by atoms with van der Waals surface area (Å²) < 4.78 is 0. The summed E-state index contributed by atoms with van der Waals surface area (Å²) in [7, 11) is 0. The minimum absolute atomic E-state index is 0.0533. The lowest BCUT2D eigenvalue weighted by Gasteiger charge is -2.23. The molecule has 0 aliphatic heterocycles. The summed E-state index contributed by atoms with van der Waals surface area (Å²) in [5, 5.41) is 31.7. The number of carbonyl (C=O) groups is 3. The van der Waals surface area contributed by atoms with E-state index in [0.29, 0.717) is 22.6 Å². The Balaban J connectivity index is 2.02. The number of nitrogens with zero attached hydrogens (tertiary/aromatic N) is 1. The highest BCUT2D eigenvalue weighted by Gasteiger charge is 2.24. The number of nitrogens with two attached hydrogens (primary N) is 2. The summed E-state index contributed by atoms with van der Waals surface area (Å²) >= 11 is 0. The van der Waals surface area contributed by atoms with Crippen LogP contribution in [0.5, 0.6) is 0 Å². The molecule has 0 spiro atoms. The van der Waals surface area contributed by atoms with Gasteiger partial charge in [-0.25, -0.2) is 4.79 Å². The van der Waals surface area contributed by atoms with Crippen molar-refractivity contribution < 1.29 is 24.6 Å². The van der Waals surface area contributed by atoms with E-state index >= 15 is 0 Å². The minimum atomic E-state index is -1.63. The van der Waals surface area contributed by atoms with Crippen molar-refractivity contribution in [3.05, 3.63) is 54.1 Å². The number of aliphatic hydroxyl groups excluding tert-OH is 2. The number of hydrogen-bond donors (Lipinski definition) is 7. The second-order valence-corrected chi connectivity index (χ2v) is 6.51. The van der Waals surface area contributed by atoms with Crippen LogP contribution in [0.3, 0.4) is 0 Å². The van der Waals surface area contributed by atoms with E-state index in [0.717, 1.165) is 0 Å². The first kappa shape index (κ1) is 23.3. The fraction of sp³-hybridized carbons (Fsp3) is 0.200. The molecule has 0 aromatic heterocycles. The van der Waals surface area contributed by atoms with E-state index in [1.165, 1.54) is 53.4 Å². The number of rotatable bonds is 9. The molecule has 11 nitrogen and oxygen atoms in total. The van der Waals surface area contributed by atoms with Gasteiger partial charge in [0, 0.05) is 29.2 Å². The first-order chi connectivity index (χ1) is 14.7. The Labute approximate surface area is 178 Å². The molecular formula is C20H24N6O5. The number of hydrogen-bond acceptors (Lipinski definition) is 6. The topological polar surface area (TPSA) is 195 Å². The Morgan fingerprint density at radius 1 is 0.968 bits per heavy atom. The van der Waals surface area contributed by atoms with Crippen molar-refractivity contribution in [2.45, 2.75) is 12.5 Å². The first-order valence-corrected chi connectivity index (χ1v) is 9.22. The second-order valence-electron chi connectivity index (χ2n) is 6.51. The highest BCUT2D eigenvalue weighted by molar-refractivity contribution is 6.01. The molecule has 2 aromatic rings. The van der Waals surface area contributed by atoms with Gasteiger partial charge in [0.1, 0.15) is 11.9 Å². The van der Waals surface area contributed by atoms with Crippen molar-refractivity contribution in [1.82, 2.24) is 0 Å². The van der Waals surface area contributed by atoms with E-state index < -0.39 is 30.4 Å².